The lowest BCUT2D eigenvalue weighted by molar-refractivity contribution is 0.131. The second kappa shape index (κ2) is 5.31. The van der Waals surface area contributed by atoms with Gasteiger partial charge in [-0.3, -0.25) is 0 Å². The lowest BCUT2D eigenvalue weighted by Crippen LogP contribution is -2.45. The summed E-state index contributed by atoms with van der Waals surface area (Å²) in [6.45, 7) is 0.828. The van der Waals surface area contributed by atoms with Crippen molar-refractivity contribution < 1.29 is 5.11 Å². The number of aliphatic hydroxyl groups excluding tert-OH is 1. The topological polar surface area (TPSA) is 67.3 Å². The van der Waals surface area contributed by atoms with Crippen molar-refractivity contribution in [3.8, 4) is 0 Å². The number of hydrogen-bond acceptors (Lipinski definition) is 4. The van der Waals surface area contributed by atoms with Crippen LogP contribution in [-0.2, 0) is 13.2 Å². The van der Waals surface area contributed by atoms with Gasteiger partial charge in [0.25, 0.3) is 0 Å². The largest absolute Gasteiger partial charge is 0.399 e. The summed E-state index contributed by atoms with van der Waals surface area (Å²) in [5.41, 5.74) is 8.64. The third-order valence-electron chi connectivity index (χ3n) is 4.93. The predicted octanol–water partition coefficient (Wildman–Crippen LogP) is 1.99. The van der Waals surface area contributed by atoms with Crippen LogP contribution in [0.3, 0.4) is 0 Å². The molecular formula is C16H24N4O. The smallest absolute Gasteiger partial charge is 0.135 e. The Morgan fingerprint density at radius 2 is 2.05 bits per heavy atom. The molecule has 0 aliphatic heterocycles. The van der Waals surface area contributed by atoms with E-state index in [1.807, 2.05) is 18.2 Å². The Morgan fingerprint density at radius 3 is 2.67 bits per heavy atom. The lowest BCUT2D eigenvalue weighted by Gasteiger charge is -2.37. The van der Waals surface area contributed by atoms with Crippen molar-refractivity contribution in [2.24, 2.45) is 0 Å². The van der Waals surface area contributed by atoms with E-state index in [0.717, 1.165) is 23.4 Å². The molecule has 0 amide bonds. The van der Waals surface area contributed by atoms with E-state index in [1.165, 1.54) is 25.7 Å². The molecule has 2 aromatic rings. The minimum atomic E-state index is -0.0436. The minimum absolute atomic E-state index is 0.0436. The fourth-order valence-corrected chi connectivity index (χ4v) is 3.57. The van der Waals surface area contributed by atoms with Crippen LogP contribution in [0, 0.1) is 0 Å². The van der Waals surface area contributed by atoms with E-state index in [4.69, 9.17) is 5.73 Å². The Hall–Kier alpha value is -1.59. The molecule has 0 unspecified atom stereocenters. The van der Waals surface area contributed by atoms with Gasteiger partial charge in [0.15, 0.2) is 0 Å². The van der Waals surface area contributed by atoms with Crippen LogP contribution in [0.1, 0.15) is 31.5 Å². The third-order valence-corrected chi connectivity index (χ3v) is 4.93. The van der Waals surface area contributed by atoms with Crippen molar-refractivity contribution in [3.63, 3.8) is 0 Å². The van der Waals surface area contributed by atoms with Crippen molar-refractivity contribution in [1.29, 1.82) is 0 Å². The summed E-state index contributed by atoms with van der Waals surface area (Å²) in [4.78, 5) is 6.88. The molecule has 3 N–H and O–H groups in total. The normalized spacial score (nSPS) is 17.9. The standard InChI is InChI=1S/C16H24N4O/c1-19(2)16(7-3-4-8-16)11-20-14-6-5-12(17)9-13(14)18-15(20)10-21/h5-6,9,21H,3-4,7-8,10-11,17H2,1-2H3. The molecule has 114 valence electrons. The van der Waals surface area contributed by atoms with E-state index in [9.17, 15) is 5.11 Å². The molecule has 1 saturated carbocycles. The molecule has 1 aliphatic carbocycles. The van der Waals surface area contributed by atoms with E-state index in [0.29, 0.717) is 5.69 Å². The van der Waals surface area contributed by atoms with Crippen LogP contribution in [0.4, 0.5) is 5.69 Å². The zero-order chi connectivity index (χ0) is 15.0. The number of benzene rings is 1. The highest BCUT2D eigenvalue weighted by Gasteiger charge is 2.37. The van der Waals surface area contributed by atoms with Gasteiger partial charge >= 0.3 is 0 Å². The highest BCUT2D eigenvalue weighted by atomic mass is 16.3. The average molecular weight is 288 g/mol. The van der Waals surface area contributed by atoms with Crippen LogP contribution in [0.15, 0.2) is 18.2 Å². The molecule has 0 bridgehead atoms. The molecule has 1 aromatic heterocycles. The van der Waals surface area contributed by atoms with Gasteiger partial charge in [0, 0.05) is 17.8 Å². The summed E-state index contributed by atoms with van der Waals surface area (Å²) in [6, 6.07) is 5.79. The lowest BCUT2D eigenvalue weighted by atomic mass is 9.95. The van der Waals surface area contributed by atoms with Crippen LogP contribution in [0.5, 0.6) is 0 Å². The van der Waals surface area contributed by atoms with Gasteiger partial charge in [-0.25, -0.2) is 4.98 Å². The van der Waals surface area contributed by atoms with E-state index in [2.05, 4.69) is 28.5 Å². The van der Waals surface area contributed by atoms with E-state index < -0.39 is 0 Å². The van der Waals surface area contributed by atoms with Gasteiger partial charge in [0.05, 0.1) is 11.0 Å². The number of aliphatic hydroxyl groups is 1. The SMILES string of the molecule is CN(C)C1(Cn2c(CO)nc3cc(N)ccc32)CCCC1. The highest BCUT2D eigenvalue weighted by molar-refractivity contribution is 5.79. The number of aromatic nitrogens is 2. The molecule has 1 fully saturated rings. The number of nitrogen functional groups attached to an aromatic ring is 1. The van der Waals surface area contributed by atoms with Gasteiger partial charge in [-0.2, -0.15) is 0 Å². The first kappa shape index (κ1) is 14.4. The molecule has 5 nitrogen and oxygen atoms in total. The number of imidazole rings is 1. The zero-order valence-electron chi connectivity index (χ0n) is 12.8. The Bertz CT molecular complexity index is 641. The van der Waals surface area contributed by atoms with E-state index in [1.54, 1.807) is 0 Å². The van der Waals surface area contributed by atoms with Gasteiger partial charge in [-0.15, -0.1) is 0 Å². The number of nitrogens with two attached hydrogens (primary N) is 1. The summed E-state index contributed by atoms with van der Waals surface area (Å²) in [6.07, 6.45) is 4.93. The van der Waals surface area contributed by atoms with Crippen molar-refractivity contribution >= 4 is 16.7 Å². The maximum atomic E-state index is 9.66. The number of nitrogens with zero attached hydrogens (tertiary/aromatic N) is 3. The number of anilines is 1. The van der Waals surface area contributed by atoms with Crippen molar-refractivity contribution in [2.45, 2.75) is 44.4 Å². The van der Waals surface area contributed by atoms with Crippen molar-refractivity contribution in [3.05, 3.63) is 24.0 Å². The zero-order valence-corrected chi connectivity index (χ0v) is 12.8. The Balaban J connectivity index is 2.06. The van der Waals surface area contributed by atoms with Gasteiger partial charge < -0.3 is 20.3 Å². The van der Waals surface area contributed by atoms with E-state index >= 15 is 0 Å². The highest BCUT2D eigenvalue weighted by Crippen LogP contribution is 2.36. The number of fused-ring (bicyclic) bond motifs is 1. The second-order valence-corrected chi connectivity index (χ2v) is 6.35. The molecule has 21 heavy (non-hydrogen) atoms. The molecule has 3 rings (SSSR count). The summed E-state index contributed by atoms with van der Waals surface area (Å²) in [5, 5.41) is 9.66. The summed E-state index contributed by atoms with van der Waals surface area (Å²) in [7, 11) is 4.31. The molecule has 1 heterocycles. The Kier molecular flexibility index (Phi) is 3.63. The average Bonchev–Trinajstić information content (AvgIpc) is 3.05. The second-order valence-electron chi connectivity index (χ2n) is 6.35. The van der Waals surface area contributed by atoms with Gasteiger partial charge in [0.2, 0.25) is 0 Å². The molecule has 0 radical (unpaired) electrons. The molecule has 1 aliphatic rings. The first-order valence-electron chi connectivity index (χ1n) is 7.59. The van der Waals surface area contributed by atoms with Crippen molar-refractivity contribution in [1.82, 2.24) is 14.5 Å². The maximum absolute atomic E-state index is 9.66. The fourth-order valence-electron chi connectivity index (χ4n) is 3.57. The first-order chi connectivity index (χ1) is 10.1. The Morgan fingerprint density at radius 1 is 1.33 bits per heavy atom. The summed E-state index contributed by atoms with van der Waals surface area (Å²) < 4.78 is 2.17. The minimum Gasteiger partial charge on any atom is -0.399 e. The van der Waals surface area contributed by atoms with Crippen LogP contribution in [0.25, 0.3) is 11.0 Å². The molecule has 1 aromatic carbocycles. The van der Waals surface area contributed by atoms with E-state index in [-0.39, 0.29) is 12.1 Å². The number of hydrogen-bond donors (Lipinski definition) is 2. The van der Waals surface area contributed by atoms with Crippen molar-refractivity contribution in [2.75, 3.05) is 19.8 Å². The van der Waals surface area contributed by atoms with Gasteiger partial charge in [-0.05, 0) is 45.1 Å². The first-order valence-corrected chi connectivity index (χ1v) is 7.59. The molecular weight excluding hydrogens is 264 g/mol. The fraction of sp³-hybridized carbons (Fsp3) is 0.562. The predicted molar refractivity (Wildman–Crippen MR) is 85.0 cm³/mol. The quantitative estimate of drug-likeness (QED) is 0.844. The van der Waals surface area contributed by atoms with Gasteiger partial charge in [-0.1, -0.05) is 12.8 Å². The summed E-state index contributed by atoms with van der Waals surface area (Å²) >= 11 is 0. The molecule has 0 atom stereocenters. The van der Waals surface area contributed by atoms with Gasteiger partial charge in [0.1, 0.15) is 12.4 Å². The number of rotatable bonds is 4. The summed E-state index contributed by atoms with van der Waals surface area (Å²) in [5.74, 6) is 0.726. The maximum Gasteiger partial charge on any atom is 0.135 e. The van der Waals surface area contributed by atoms with Crippen LogP contribution >= 0.6 is 0 Å². The van der Waals surface area contributed by atoms with Crippen LogP contribution in [-0.4, -0.2) is 39.2 Å². The van der Waals surface area contributed by atoms with Crippen LogP contribution < -0.4 is 5.73 Å². The third kappa shape index (κ3) is 2.40. The molecule has 5 heteroatoms. The molecule has 0 saturated heterocycles. The van der Waals surface area contributed by atoms with Crippen LogP contribution in [0.2, 0.25) is 0 Å². The monoisotopic (exact) mass is 288 g/mol. The Labute approximate surface area is 125 Å². The molecule has 0 spiro atoms. The number of likely N-dealkylation sites (N-methyl/N-ethyl adjacent to an activating group) is 1.